The maximum atomic E-state index is 12.6. The molecule has 0 aliphatic carbocycles. The molecular weight excluding hydrogens is 415 g/mol. The molecule has 0 spiro atoms. The number of halogens is 1. The molecule has 0 aliphatic rings. The molecule has 4 nitrogen and oxygen atoms in total. The van der Waals surface area contributed by atoms with Gasteiger partial charge in [-0.2, -0.15) is 0 Å². The van der Waals surface area contributed by atoms with Crippen molar-refractivity contribution < 1.29 is 9.53 Å². The topological polar surface area (TPSA) is 32.8 Å². The average molecular weight is 438 g/mol. The van der Waals surface area contributed by atoms with E-state index in [1.165, 1.54) is 0 Å². The Hall–Kier alpha value is -1.60. The van der Waals surface area contributed by atoms with Crippen molar-refractivity contribution in [2.75, 3.05) is 33.8 Å². The van der Waals surface area contributed by atoms with Crippen LogP contribution < -0.4 is 4.74 Å². The van der Waals surface area contributed by atoms with Crippen LogP contribution in [0.2, 0.25) is 0 Å². The normalized spacial score (nSPS) is 10.7. The second-order valence-electron chi connectivity index (χ2n) is 5.85. The van der Waals surface area contributed by atoms with Gasteiger partial charge in [-0.1, -0.05) is 30.3 Å². The molecule has 24 heavy (non-hydrogen) atoms. The summed E-state index contributed by atoms with van der Waals surface area (Å²) in [5, 5.41) is 0. The molecule has 0 saturated carbocycles. The van der Waals surface area contributed by atoms with E-state index in [9.17, 15) is 4.79 Å². The van der Waals surface area contributed by atoms with Crippen molar-refractivity contribution in [3.05, 3.63) is 63.7 Å². The van der Waals surface area contributed by atoms with Gasteiger partial charge in [-0.15, -0.1) is 0 Å². The van der Waals surface area contributed by atoms with Crippen LogP contribution in [-0.4, -0.2) is 49.5 Å². The summed E-state index contributed by atoms with van der Waals surface area (Å²) in [6.45, 7) is 2.16. The highest BCUT2D eigenvalue weighted by molar-refractivity contribution is 14.1. The van der Waals surface area contributed by atoms with Gasteiger partial charge in [-0.3, -0.25) is 4.79 Å². The summed E-state index contributed by atoms with van der Waals surface area (Å²) in [6.07, 6.45) is 0. The van der Waals surface area contributed by atoms with Crippen LogP contribution in [0.15, 0.2) is 54.6 Å². The fraction of sp³-hybridized carbons (Fsp3) is 0.316. The lowest BCUT2D eigenvalue weighted by Gasteiger charge is -2.24. The first-order chi connectivity index (χ1) is 11.5. The van der Waals surface area contributed by atoms with Crippen LogP contribution in [0.1, 0.15) is 5.56 Å². The second kappa shape index (κ2) is 9.64. The van der Waals surface area contributed by atoms with Gasteiger partial charge in [0.25, 0.3) is 5.91 Å². The molecule has 0 radical (unpaired) electrons. The fourth-order valence-electron chi connectivity index (χ4n) is 2.18. The van der Waals surface area contributed by atoms with Crippen molar-refractivity contribution in [3.8, 4) is 5.75 Å². The van der Waals surface area contributed by atoms with Gasteiger partial charge < -0.3 is 14.5 Å². The largest absolute Gasteiger partial charge is 0.484 e. The number of benzene rings is 2. The number of nitrogens with zero attached hydrogens (tertiary/aromatic N) is 2. The first-order valence-corrected chi connectivity index (χ1v) is 8.97. The molecule has 0 atom stereocenters. The average Bonchev–Trinajstić information content (AvgIpc) is 2.58. The number of likely N-dealkylation sites (N-methyl/N-ethyl adjacent to an activating group) is 1. The predicted molar refractivity (Wildman–Crippen MR) is 105 cm³/mol. The molecule has 2 rings (SSSR count). The van der Waals surface area contributed by atoms with Crippen molar-refractivity contribution in [1.82, 2.24) is 9.80 Å². The van der Waals surface area contributed by atoms with Gasteiger partial charge in [-0.25, -0.2) is 0 Å². The number of carbonyl (C=O) groups is 1. The number of ether oxygens (including phenoxy) is 1. The molecule has 2 aromatic rings. The lowest BCUT2D eigenvalue weighted by molar-refractivity contribution is -0.134. The van der Waals surface area contributed by atoms with E-state index in [4.69, 9.17) is 4.74 Å². The van der Waals surface area contributed by atoms with Crippen molar-refractivity contribution in [1.29, 1.82) is 0 Å². The predicted octanol–water partition coefficient (Wildman–Crippen LogP) is 3.26. The molecule has 0 N–H and O–H groups in total. The second-order valence-corrected chi connectivity index (χ2v) is 7.09. The molecule has 5 heteroatoms. The summed E-state index contributed by atoms with van der Waals surface area (Å²) in [6, 6.07) is 17.7. The minimum Gasteiger partial charge on any atom is -0.484 e. The number of hydrogen-bond donors (Lipinski definition) is 0. The Balaban J connectivity index is 1.96. The first-order valence-electron chi connectivity index (χ1n) is 7.89. The van der Waals surface area contributed by atoms with Crippen LogP contribution in [0.3, 0.4) is 0 Å². The van der Waals surface area contributed by atoms with Crippen LogP contribution in [0.25, 0.3) is 0 Å². The first kappa shape index (κ1) is 18.7. The van der Waals surface area contributed by atoms with Gasteiger partial charge in [0, 0.05) is 23.2 Å². The Bertz CT molecular complexity index is 630. The number of amides is 1. The number of hydrogen-bond acceptors (Lipinski definition) is 3. The highest BCUT2D eigenvalue weighted by Gasteiger charge is 2.15. The zero-order valence-electron chi connectivity index (χ0n) is 14.1. The van der Waals surface area contributed by atoms with Crippen LogP contribution >= 0.6 is 22.6 Å². The summed E-state index contributed by atoms with van der Waals surface area (Å²) in [7, 11) is 4.01. The lowest BCUT2D eigenvalue weighted by Crippen LogP contribution is -2.38. The van der Waals surface area contributed by atoms with Crippen LogP contribution in [-0.2, 0) is 11.3 Å². The van der Waals surface area contributed by atoms with Crippen molar-refractivity contribution in [2.45, 2.75) is 6.54 Å². The van der Waals surface area contributed by atoms with E-state index >= 15 is 0 Å². The van der Waals surface area contributed by atoms with E-state index < -0.39 is 0 Å². The molecule has 0 saturated heterocycles. The maximum absolute atomic E-state index is 12.6. The summed E-state index contributed by atoms with van der Waals surface area (Å²) in [5.41, 5.74) is 1.12. The smallest absolute Gasteiger partial charge is 0.260 e. The van der Waals surface area contributed by atoms with E-state index in [1.807, 2.05) is 73.6 Å². The zero-order valence-corrected chi connectivity index (χ0v) is 16.3. The fourth-order valence-corrected chi connectivity index (χ4v) is 2.54. The quantitative estimate of drug-likeness (QED) is 0.594. The van der Waals surface area contributed by atoms with Crippen molar-refractivity contribution >= 4 is 28.5 Å². The molecule has 0 heterocycles. The molecule has 0 fully saturated rings. The van der Waals surface area contributed by atoms with Gasteiger partial charge >= 0.3 is 0 Å². The van der Waals surface area contributed by atoms with Gasteiger partial charge in [0.15, 0.2) is 6.61 Å². The molecule has 0 bridgehead atoms. The minimum atomic E-state index is -0.000692. The summed E-state index contributed by atoms with van der Waals surface area (Å²) < 4.78 is 6.78. The third kappa shape index (κ3) is 6.49. The Morgan fingerprint density at radius 2 is 1.67 bits per heavy atom. The van der Waals surface area contributed by atoms with Crippen LogP contribution in [0.5, 0.6) is 5.75 Å². The molecular formula is C19H23IN2O2. The third-order valence-electron chi connectivity index (χ3n) is 3.56. The number of carbonyl (C=O) groups excluding carboxylic acids is 1. The van der Waals surface area contributed by atoms with Gasteiger partial charge in [-0.05, 0) is 66.5 Å². The molecule has 1 amide bonds. The highest BCUT2D eigenvalue weighted by atomic mass is 127. The Kier molecular flexibility index (Phi) is 7.52. The van der Waals surface area contributed by atoms with Gasteiger partial charge in [0.1, 0.15) is 5.75 Å². The summed E-state index contributed by atoms with van der Waals surface area (Å²) in [4.78, 5) is 16.5. The van der Waals surface area contributed by atoms with Crippen LogP contribution in [0, 0.1) is 3.57 Å². The van der Waals surface area contributed by atoms with Gasteiger partial charge in [0.2, 0.25) is 0 Å². The van der Waals surface area contributed by atoms with E-state index in [1.54, 1.807) is 0 Å². The lowest BCUT2D eigenvalue weighted by atomic mass is 10.2. The van der Waals surface area contributed by atoms with Crippen molar-refractivity contribution in [3.63, 3.8) is 0 Å². The third-order valence-corrected chi connectivity index (χ3v) is 4.28. The van der Waals surface area contributed by atoms with E-state index in [2.05, 4.69) is 27.5 Å². The Morgan fingerprint density at radius 3 is 2.29 bits per heavy atom. The number of rotatable bonds is 8. The van der Waals surface area contributed by atoms with Crippen LogP contribution in [0.4, 0.5) is 0 Å². The zero-order chi connectivity index (χ0) is 17.4. The SMILES string of the molecule is CN(C)CCN(Cc1ccccc1)C(=O)COc1ccc(I)cc1. The minimum absolute atomic E-state index is 0.000692. The molecule has 0 aromatic heterocycles. The van der Waals surface area contributed by atoms with E-state index in [0.717, 1.165) is 21.4 Å². The highest BCUT2D eigenvalue weighted by Crippen LogP contribution is 2.14. The summed E-state index contributed by atoms with van der Waals surface area (Å²) in [5.74, 6) is 0.718. The van der Waals surface area contributed by atoms with E-state index in [0.29, 0.717) is 13.1 Å². The van der Waals surface area contributed by atoms with Crippen molar-refractivity contribution in [2.24, 2.45) is 0 Å². The standard InChI is InChI=1S/C19H23IN2O2/c1-21(2)12-13-22(14-16-6-4-3-5-7-16)19(23)15-24-18-10-8-17(20)9-11-18/h3-11H,12-15H2,1-2H3. The van der Waals surface area contributed by atoms with E-state index in [-0.39, 0.29) is 12.5 Å². The molecule has 0 unspecified atom stereocenters. The Labute approximate surface area is 157 Å². The molecule has 0 aliphatic heterocycles. The maximum Gasteiger partial charge on any atom is 0.260 e. The molecule has 2 aromatic carbocycles. The molecule has 128 valence electrons. The van der Waals surface area contributed by atoms with Gasteiger partial charge in [0.05, 0.1) is 0 Å². The monoisotopic (exact) mass is 438 g/mol. The Morgan fingerprint density at radius 1 is 1.00 bits per heavy atom. The summed E-state index contributed by atoms with van der Waals surface area (Å²) >= 11 is 2.24.